The summed E-state index contributed by atoms with van der Waals surface area (Å²) in [6, 6.07) is 3.83. The molecule has 1 rings (SSSR count). The van der Waals surface area contributed by atoms with Gasteiger partial charge >= 0.3 is 7.12 Å². The average molecular weight is 270 g/mol. The van der Waals surface area contributed by atoms with E-state index >= 15 is 0 Å². The Hall–Kier alpha value is -0.945. The average Bonchev–Trinajstić information content (AvgIpc) is 2.28. The van der Waals surface area contributed by atoms with Crippen molar-refractivity contribution >= 4 is 12.6 Å². The number of rotatable bonds is 6. The molecule has 0 heterocycles. The van der Waals surface area contributed by atoms with E-state index in [2.05, 4.69) is 0 Å². The number of hydrogen-bond donors (Lipinski definition) is 2. The zero-order valence-corrected chi connectivity index (χ0v) is 11.5. The van der Waals surface area contributed by atoms with Crippen molar-refractivity contribution in [2.75, 3.05) is 13.2 Å². The molecule has 0 aliphatic carbocycles. The topological polar surface area (TPSA) is 58.9 Å². The van der Waals surface area contributed by atoms with Crippen LogP contribution in [0.2, 0.25) is 0 Å². The lowest BCUT2D eigenvalue weighted by molar-refractivity contribution is -0.0376. The van der Waals surface area contributed by atoms with Crippen molar-refractivity contribution in [3.63, 3.8) is 0 Å². The van der Waals surface area contributed by atoms with Crippen LogP contribution in [0, 0.1) is 5.82 Å². The summed E-state index contributed by atoms with van der Waals surface area (Å²) < 4.78 is 23.9. The maximum atomic E-state index is 13.0. The first kappa shape index (κ1) is 16.1. The molecule has 1 aromatic carbocycles. The van der Waals surface area contributed by atoms with Gasteiger partial charge in [-0.3, -0.25) is 0 Å². The van der Waals surface area contributed by atoms with Crippen LogP contribution < -0.4 is 5.46 Å². The molecule has 0 aromatic heterocycles. The van der Waals surface area contributed by atoms with Gasteiger partial charge in [0.1, 0.15) is 5.82 Å². The lowest BCUT2D eigenvalue weighted by Gasteiger charge is -2.19. The van der Waals surface area contributed by atoms with Crippen LogP contribution in [0.3, 0.4) is 0 Å². The van der Waals surface area contributed by atoms with E-state index in [-0.39, 0.29) is 17.7 Å². The standard InChI is InChI=1S/C13H20BFO4/c1-13(2,3)19-7-6-18-9-10-4-5-11(15)8-12(10)14(16)17/h4-5,8,16-17H,6-7,9H2,1-3H3. The summed E-state index contributed by atoms with van der Waals surface area (Å²) in [7, 11) is -1.71. The third-order valence-electron chi connectivity index (χ3n) is 2.41. The highest BCUT2D eigenvalue weighted by molar-refractivity contribution is 6.59. The monoisotopic (exact) mass is 270 g/mol. The predicted octanol–water partition coefficient (Wildman–Crippen LogP) is 0.837. The Morgan fingerprint density at radius 2 is 1.89 bits per heavy atom. The highest BCUT2D eigenvalue weighted by Gasteiger charge is 2.17. The van der Waals surface area contributed by atoms with Gasteiger partial charge in [-0.05, 0) is 43.9 Å². The van der Waals surface area contributed by atoms with Gasteiger partial charge in [-0.25, -0.2) is 4.39 Å². The van der Waals surface area contributed by atoms with E-state index < -0.39 is 12.9 Å². The van der Waals surface area contributed by atoms with E-state index in [0.29, 0.717) is 18.8 Å². The lowest BCUT2D eigenvalue weighted by Crippen LogP contribution is -2.33. The molecule has 0 bridgehead atoms. The van der Waals surface area contributed by atoms with E-state index in [1.807, 2.05) is 20.8 Å². The van der Waals surface area contributed by atoms with Crippen molar-refractivity contribution in [2.45, 2.75) is 33.0 Å². The van der Waals surface area contributed by atoms with Gasteiger partial charge < -0.3 is 19.5 Å². The minimum Gasteiger partial charge on any atom is -0.423 e. The normalized spacial score (nSPS) is 11.7. The zero-order valence-electron chi connectivity index (χ0n) is 11.5. The Morgan fingerprint density at radius 1 is 1.21 bits per heavy atom. The van der Waals surface area contributed by atoms with Crippen LogP contribution in [0.4, 0.5) is 4.39 Å². The van der Waals surface area contributed by atoms with Gasteiger partial charge in [0.15, 0.2) is 0 Å². The number of hydrogen-bond acceptors (Lipinski definition) is 4. The third-order valence-corrected chi connectivity index (χ3v) is 2.41. The smallest absolute Gasteiger partial charge is 0.423 e. The van der Waals surface area contributed by atoms with Crippen LogP contribution in [0.25, 0.3) is 0 Å². The first-order valence-electron chi connectivity index (χ1n) is 6.16. The molecule has 106 valence electrons. The van der Waals surface area contributed by atoms with Crippen molar-refractivity contribution < 1.29 is 23.9 Å². The second-order valence-electron chi connectivity index (χ2n) is 5.23. The quantitative estimate of drug-likeness (QED) is 0.594. The van der Waals surface area contributed by atoms with Crippen molar-refractivity contribution in [1.82, 2.24) is 0 Å². The fraction of sp³-hybridized carbons (Fsp3) is 0.538. The van der Waals surface area contributed by atoms with Crippen molar-refractivity contribution in [1.29, 1.82) is 0 Å². The van der Waals surface area contributed by atoms with E-state index in [9.17, 15) is 4.39 Å². The molecular formula is C13H20BFO4. The summed E-state index contributed by atoms with van der Waals surface area (Å²) >= 11 is 0. The van der Waals surface area contributed by atoms with E-state index in [4.69, 9.17) is 19.5 Å². The van der Waals surface area contributed by atoms with E-state index in [1.165, 1.54) is 12.1 Å². The Balaban J connectivity index is 2.45. The Bertz CT molecular complexity index is 404. The van der Waals surface area contributed by atoms with E-state index in [0.717, 1.165) is 6.07 Å². The number of benzene rings is 1. The molecule has 0 amide bonds. The molecule has 0 aliphatic rings. The predicted molar refractivity (Wildman–Crippen MR) is 71.6 cm³/mol. The van der Waals surface area contributed by atoms with Crippen LogP contribution in [0.5, 0.6) is 0 Å². The Morgan fingerprint density at radius 3 is 2.47 bits per heavy atom. The minimum atomic E-state index is -1.71. The summed E-state index contributed by atoms with van der Waals surface area (Å²) in [5, 5.41) is 18.3. The molecule has 1 aromatic rings. The maximum absolute atomic E-state index is 13.0. The molecule has 0 saturated carbocycles. The first-order valence-corrected chi connectivity index (χ1v) is 6.16. The molecule has 0 unspecified atom stereocenters. The molecule has 0 spiro atoms. The molecular weight excluding hydrogens is 250 g/mol. The van der Waals surface area contributed by atoms with Gasteiger partial charge in [0.25, 0.3) is 0 Å². The second kappa shape index (κ2) is 7.00. The summed E-state index contributed by atoms with van der Waals surface area (Å²) in [5.74, 6) is -0.511. The molecule has 2 N–H and O–H groups in total. The minimum absolute atomic E-state index is 0.122. The second-order valence-corrected chi connectivity index (χ2v) is 5.23. The van der Waals surface area contributed by atoms with Gasteiger partial charge in [0, 0.05) is 0 Å². The van der Waals surface area contributed by atoms with Crippen molar-refractivity contribution in [3.8, 4) is 0 Å². The summed E-state index contributed by atoms with van der Waals surface area (Å²) in [6.45, 7) is 6.87. The third kappa shape index (κ3) is 6.16. The fourth-order valence-corrected chi connectivity index (χ4v) is 1.53. The van der Waals surface area contributed by atoms with Crippen molar-refractivity contribution in [2.24, 2.45) is 0 Å². The SMILES string of the molecule is CC(C)(C)OCCOCc1ccc(F)cc1B(O)O. The Labute approximate surface area is 113 Å². The number of halogens is 1. The number of ether oxygens (including phenoxy) is 2. The maximum Gasteiger partial charge on any atom is 0.488 e. The first-order chi connectivity index (χ1) is 8.79. The van der Waals surface area contributed by atoms with Gasteiger partial charge in [0.05, 0.1) is 25.4 Å². The molecule has 0 fully saturated rings. The zero-order chi connectivity index (χ0) is 14.5. The highest BCUT2D eigenvalue weighted by Crippen LogP contribution is 2.07. The van der Waals surface area contributed by atoms with Crippen LogP contribution >= 0.6 is 0 Å². The van der Waals surface area contributed by atoms with Crippen LogP contribution in [-0.2, 0) is 16.1 Å². The van der Waals surface area contributed by atoms with Gasteiger partial charge in [0.2, 0.25) is 0 Å². The van der Waals surface area contributed by atoms with Crippen molar-refractivity contribution in [3.05, 3.63) is 29.6 Å². The molecule has 0 aliphatic heterocycles. The molecule has 19 heavy (non-hydrogen) atoms. The van der Waals surface area contributed by atoms with Crippen LogP contribution in [0.15, 0.2) is 18.2 Å². The van der Waals surface area contributed by atoms with E-state index in [1.54, 1.807) is 0 Å². The lowest BCUT2D eigenvalue weighted by atomic mass is 9.77. The molecule has 0 atom stereocenters. The molecule has 0 saturated heterocycles. The largest absolute Gasteiger partial charge is 0.488 e. The molecule has 6 heteroatoms. The van der Waals surface area contributed by atoms with Gasteiger partial charge in [-0.2, -0.15) is 0 Å². The Kier molecular flexibility index (Phi) is 5.94. The summed E-state index contributed by atoms with van der Waals surface area (Å²) in [4.78, 5) is 0. The van der Waals surface area contributed by atoms with Gasteiger partial charge in [-0.1, -0.05) is 6.07 Å². The van der Waals surface area contributed by atoms with Crippen LogP contribution in [-0.4, -0.2) is 36.0 Å². The fourth-order valence-electron chi connectivity index (χ4n) is 1.53. The molecule has 0 radical (unpaired) electrons. The highest BCUT2D eigenvalue weighted by atomic mass is 19.1. The van der Waals surface area contributed by atoms with Gasteiger partial charge in [-0.15, -0.1) is 0 Å². The molecule has 4 nitrogen and oxygen atoms in total. The summed E-state index contributed by atoms with van der Waals surface area (Å²) in [6.07, 6.45) is 0. The summed E-state index contributed by atoms with van der Waals surface area (Å²) in [5.41, 5.74) is 0.454. The van der Waals surface area contributed by atoms with Crippen LogP contribution in [0.1, 0.15) is 26.3 Å².